The first-order valence-electron chi connectivity index (χ1n) is 7.43. The average molecular weight is 305 g/mol. The lowest BCUT2D eigenvalue weighted by atomic mass is 10.1. The molecule has 1 aromatic carbocycles. The number of hydrogen-bond acceptors (Lipinski definition) is 5. The smallest absolute Gasteiger partial charge is 0.221 e. The zero-order valence-electron chi connectivity index (χ0n) is 12.6. The van der Waals surface area contributed by atoms with Gasteiger partial charge in [-0.05, 0) is 48.7 Å². The molecule has 0 fully saturated rings. The number of aromatic nitrogens is 4. The Morgan fingerprint density at radius 3 is 3.00 bits per heavy atom. The number of nitrogens with one attached hydrogen (secondary N) is 2. The third-order valence-electron chi connectivity index (χ3n) is 3.59. The Hall–Kier alpha value is -3.15. The van der Waals surface area contributed by atoms with Crippen molar-refractivity contribution >= 4 is 33.3 Å². The van der Waals surface area contributed by atoms with E-state index in [2.05, 4.69) is 25.5 Å². The molecule has 0 saturated carbocycles. The van der Waals surface area contributed by atoms with Crippen LogP contribution in [0.5, 0.6) is 5.88 Å². The van der Waals surface area contributed by atoms with Gasteiger partial charge in [0.25, 0.3) is 0 Å². The number of anilines is 2. The lowest BCUT2D eigenvalue weighted by Crippen LogP contribution is -1.96. The van der Waals surface area contributed by atoms with Crippen LogP contribution < -0.4 is 10.1 Å². The van der Waals surface area contributed by atoms with E-state index in [1.807, 2.05) is 43.3 Å². The molecule has 0 aliphatic rings. The van der Waals surface area contributed by atoms with E-state index < -0.39 is 0 Å². The van der Waals surface area contributed by atoms with Gasteiger partial charge in [-0.25, -0.2) is 4.98 Å². The minimum absolute atomic E-state index is 0.594. The van der Waals surface area contributed by atoms with Gasteiger partial charge < -0.3 is 10.1 Å². The van der Waals surface area contributed by atoms with Crippen LogP contribution in [-0.4, -0.2) is 26.8 Å². The molecule has 6 nitrogen and oxygen atoms in total. The molecule has 0 spiro atoms. The van der Waals surface area contributed by atoms with Crippen LogP contribution >= 0.6 is 0 Å². The summed E-state index contributed by atoms with van der Waals surface area (Å²) in [5.41, 5.74) is 2.65. The second-order valence-corrected chi connectivity index (χ2v) is 5.08. The number of benzene rings is 1. The maximum Gasteiger partial charge on any atom is 0.221 e. The van der Waals surface area contributed by atoms with Crippen LogP contribution in [0.25, 0.3) is 21.8 Å². The van der Waals surface area contributed by atoms with E-state index in [0.29, 0.717) is 18.3 Å². The van der Waals surface area contributed by atoms with Crippen LogP contribution in [0.4, 0.5) is 11.5 Å². The van der Waals surface area contributed by atoms with Crippen LogP contribution in [0.1, 0.15) is 6.92 Å². The van der Waals surface area contributed by atoms with Crippen molar-refractivity contribution in [3.8, 4) is 5.88 Å². The molecule has 0 unspecified atom stereocenters. The highest BCUT2D eigenvalue weighted by Crippen LogP contribution is 2.28. The number of aromatic amines is 1. The maximum absolute atomic E-state index is 5.56. The van der Waals surface area contributed by atoms with Crippen molar-refractivity contribution < 1.29 is 4.74 Å². The first-order chi connectivity index (χ1) is 11.3. The summed E-state index contributed by atoms with van der Waals surface area (Å²) in [5, 5.41) is 12.6. The largest absolute Gasteiger partial charge is 0.478 e. The zero-order valence-corrected chi connectivity index (χ0v) is 12.6. The normalized spacial score (nSPS) is 11.0. The van der Waals surface area contributed by atoms with Crippen LogP contribution in [0.2, 0.25) is 0 Å². The van der Waals surface area contributed by atoms with Gasteiger partial charge in [0.05, 0.1) is 12.1 Å². The highest BCUT2D eigenvalue weighted by atomic mass is 16.5. The van der Waals surface area contributed by atoms with Crippen LogP contribution in [-0.2, 0) is 0 Å². The number of ether oxygens (including phenoxy) is 1. The van der Waals surface area contributed by atoms with Gasteiger partial charge in [0.1, 0.15) is 5.52 Å². The van der Waals surface area contributed by atoms with Gasteiger partial charge >= 0.3 is 0 Å². The van der Waals surface area contributed by atoms with Gasteiger partial charge in [-0.3, -0.25) is 10.1 Å². The molecule has 6 heteroatoms. The molecular formula is C17H15N5O. The van der Waals surface area contributed by atoms with Crippen molar-refractivity contribution in [3.63, 3.8) is 0 Å². The van der Waals surface area contributed by atoms with E-state index in [1.165, 1.54) is 0 Å². The standard InChI is InChI=1S/C17H15N5O/c1-2-23-17-13-6-5-12(10-11(13)7-9-19-17)20-16-15-14(21-22-16)4-3-8-18-15/h3-10H,2H2,1H3,(H2,20,21,22). The quantitative estimate of drug-likeness (QED) is 0.602. The average Bonchev–Trinajstić information content (AvgIpc) is 2.98. The summed E-state index contributed by atoms with van der Waals surface area (Å²) in [6.45, 7) is 2.54. The van der Waals surface area contributed by atoms with Gasteiger partial charge in [-0.15, -0.1) is 0 Å². The van der Waals surface area contributed by atoms with E-state index in [4.69, 9.17) is 4.74 Å². The Bertz CT molecular complexity index is 979. The fourth-order valence-corrected chi connectivity index (χ4v) is 2.56. The third-order valence-corrected chi connectivity index (χ3v) is 3.59. The molecule has 0 bridgehead atoms. The number of fused-ring (bicyclic) bond motifs is 2. The summed E-state index contributed by atoms with van der Waals surface area (Å²) in [6, 6.07) is 11.8. The van der Waals surface area contributed by atoms with E-state index >= 15 is 0 Å². The molecule has 4 aromatic rings. The highest BCUT2D eigenvalue weighted by molar-refractivity contribution is 5.92. The molecule has 114 valence electrons. The van der Waals surface area contributed by atoms with Crippen molar-refractivity contribution in [1.82, 2.24) is 20.2 Å². The zero-order chi connectivity index (χ0) is 15.6. The van der Waals surface area contributed by atoms with Crippen LogP contribution in [0.15, 0.2) is 48.8 Å². The van der Waals surface area contributed by atoms with E-state index in [9.17, 15) is 0 Å². The molecule has 0 atom stereocenters. The van der Waals surface area contributed by atoms with Gasteiger partial charge in [0.2, 0.25) is 5.88 Å². The third kappa shape index (κ3) is 2.44. The Morgan fingerprint density at radius 1 is 1.13 bits per heavy atom. The Labute approximate surface area is 132 Å². The SMILES string of the molecule is CCOc1nccc2cc(Nc3n[nH]c4cccnc34)ccc12. The summed E-state index contributed by atoms with van der Waals surface area (Å²) < 4.78 is 5.56. The Kier molecular flexibility index (Phi) is 3.27. The molecule has 4 rings (SSSR count). The Morgan fingerprint density at radius 2 is 2.09 bits per heavy atom. The van der Waals surface area contributed by atoms with Crippen LogP contribution in [0, 0.1) is 0 Å². The summed E-state index contributed by atoms with van der Waals surface area (Å²) in [4.78, 5) is 8.62. The fraction of sp³-hybridized carbons (Fsp3) is 0.118. The first kappa shape index (κ1) is 13.5. The first-order valence-corrected chi connectivity index (χ1v) is 7.43. The number of pyridine rings is 2. The lowest BCUT2D eigenvalue weighted by molar-refractivity contribution is 0.331. The number of nitrogens with zero attached hydrogens (tertiary/aromatic N) is 3. The van der Waals surface area contributed by atoms with Gasteiger partial charge in [-0.1, -0.05) is 0 Å². The molecule has 0 saturated heterocycles. The number of rotatable bonds is 4. The van der Waals surface area contributed by atoms with Gasteiger partial charge in [0, 0.05) is 23.5 Å². The molecule has 0 aliphatic heterocycles. The lowest BCUT2D eigenvalue weighted by Gasteiger charge is -2.08. The summed E-state index contributed by atoms with van der Waals surface area (Å²) in [7, 11) is 0. The van der Waals surface area contributed by atoms with Gasteiger partial charge in [0.15, 0.2) is 5.82 Å². The summed E-state index contributed by atoms with van der Waals surface area (Å²) in [6.07, 6.45) is 3.51. The molecule has 3 aromatic heterocycles. The van der Waals surface area contributed by atoms with Gasteiger partial charge in [-0.2, -0.15) is 5.10 Å². The van der Waals surface area contributed by atoms with Crippen LogP contribution in [0.3, 0.4) is 0 Å². The summed E-state index contributed by atoms with van der Waals surface area (Å²) in [5.74, 6) is 1.36. The predicted molar refractivity (Wildman–Crippen MR) is 90.1 cm³/mol. The van der Waals surface area contributed by atoms with E-state index in [-0.39, 0.29) is 0 Å². The minimum Gasteiger partial charge on any atom is -0.478 e. The molecule has 2 N–H and O–H groups in total. The Balaban J connectivity index is 1.72. The van der Waals surface area contributed by atoms with Crippen molar-refractivity contribution in [2.45, 2.75) is 6.92 Å². The topological polar surface area (TPSA) is 75.7 Å². The predicted octanol–water partition coefficient (Wildman–Crippen LogP) is 3.65. The second kappa shape index (κ2) is 5.57. The summed E-state index contributed by atoms with van der Waals surface area (Å²) >= 11 is 0. The van der Waals surface area contributed by atoms with E-state index in [0.717, 1.165) is 27.5 Å². The molecule has 23 heavy (non-hydrogen) atoms. The maximum atomic E-state index is 5.56. The molecule has 0 radical (unpaired) electrons. The van der Waals surface area contributed by atoms with Crippen molar-refractivity contribution in [1.29, 1.82) is 0 Å². The molecular weight excluding hydrogens is 290 g/mol. The van der Waals surface area contributed by atoms with E-state index in [1.54, 1.807) is 12.4 Å². The van der Waals surface area contributed by atoms with Crippen molar-refractivity contribution in [3.05, 3.63) is 48.8 Å². The fourth-order valence-electron chi connectivity index (χ4n) is 2.56. The molecule has 0 aliphatic carbocycles. The number of hydrogen-bond donors (Lipinski definition) is 2. The van der Waals surface area contributed by atoms with Crippen molar-refractivity contribution in [2.24, 2.45) is 0 Å². The molecule has 0 amide bonds. The monoisotopic (exact) mass is 305 g/mol. The highest BCUT2D eigenvalue weighted by Gasteiger charge is 2.08. The molecule has 3 heterocycles. The minimum atomic E-state index is 0.594. The number of H-pyrrole nitrogens is 1. The second-order valence-electron chi connectivity index (χ2n) is 5.08. The van der Waals surface area contributed by atoms with Crippen molar-refractivity contribution in [2.75, 3.05) is 11.9 Å².